The maximum atomic E-state index is 9.32. The van der Waals surface area contributed by atoms with Gasteiger partial charge in [-0.05, 0) is 54.6 Å². The Morgan fingerprint density at radius 2 is 1.63 bits per heavy atom. The van der Waals surface area contributed by atoms with E-state index in [0.29, 0.717) is 29.2 Å². The maximum absolute atomic E-state index is 9.32. The Hall–Kier alpha value is -4.14. The first-order chi connectivity index (χ1) is 13.2. The molecule has 134 valence electrons. The van der Waals surface area contributed by atoms with Crippen LogP contribution in [0.15, 0.2) is 60.7 Å². The van der Waals surface area contributed by atoms with E-state index in [9.17, 15) is 5.11 Å². The van der Waals surface area contributed by atoms with E-state index in [1.165, 1.54) is 0 Å². The fourth-order valence-electron chi connectivity index (χ4n) is 2.32. The largest absolute Gasteiger partial charge is 0.508 e. The Bertz CT molecular complexity index is 1030. The van der Waals surface area contributed by atoms with Gasteiger partial charge in [0, 0.05) is 17.3 Å². The molecule has 0 saturated heterocycles. The molecule has 0 fully saturated rings. The molecule has 0 bridgehead atoms. The van der Waals surface area contributed by atoms with Crippen molar-refractivity contribution in [2.75, 3.05) is 11.1 Å². The Kier molecular flexibility index (Phi) is 4.24. The molecule has 4 aromatic rings. The lowest BCUT2D eigenvalue weighted by molar-refractivity contribution is 0.456. The molecule has 2 aromatic carbocycles. The van der Waals surface area contributed by atoms with Gasteiger partial charge in [-0.1, -0.05) is 0 Å². The molecule has 0 spiro atoms. The van der Waals surface area contributed by atoms with Crippen molar-refractivity contribution in [1.29, 1.82) is 0 Å². The SMILES string of the molecule is Nc1ccc(Oc2ccc(-c3nnc(Nc4ccc(O)cc4)[nH]3)cc2)nn1. The highest BCUT2D eigenvalue weighted by molar-refractivity contribution is 5.60. The lowest BCUT2D eigenvalue weighted by Crippen LogP contribution is -1.94. The monoisotopic (exact) mass is 361 g/mol. The predicted molar refractivity (Wildman–Crippen MR) is 99.7 cm³/mol. The van der Waals surface area contributed by atoms with Gasteiger partial charge in [-0.15, -0.1) is 20.4 Å². The Morgan fingerprint density at radius 3 is 2.33 bits per heavy atom. The molecule has 0 aliphatic carbocycles. The fourth-order valence-corrected chi connectivity index (χ4v) is 2.32. The number of nitrogens with one attached hydrogen (secondary N) is 2. The number of nitrogens with two attached hydrogens (primary N) is 1. The van der Waals surface area contributed by atoms with Crippen LogP contribution in [0.5, 0.6) is 17.4 Å². The highest BCUT2D eigenvalue weighted by Gasteiger charge is 2.07. The number of hydrogen-bond donors (Lipinski definition) is 4. The van der Waals surface area contributed by atoms with Gasteiger partial charge >= 0.3 is 0 Å². The molecule has 0 amide bonds. The van der Waals surface area contributed by atoms with Crippen LogP contribution in [-0.2, 0) is 0 Å². The third-order valence-corrected chi connectivity index (χ3v) is 3.63. The molecule has 9 nitrogen and oxygen atoms in total. The fraction of sp³-hybridized carbons (Fsp3) is 0. The van der Waals surface area contributed by atoms with Gasteiger partial charge in [0.15, 0.2) is 5.82 Å². The molecule has 0 saturated carbocycles. The van der Waals surface area contributed by atoms with Crippen LogP contribution in [0, 0.1) is 0 Å². The molecule has 0 atom stereocenters. The van der Waals surface area contributed by atoms with E-state index in [1.54, 1.807) is 48.5 Å². The van der Waals surface area contributed by atoms with Crippen molar-refractivity contribution in [3.8, 4) is 28.8 Å². The zero-order valence-electron chi connectivity index (χ0n) is 14.0. The van der Waals surface area contributed by atoms with E-state index < -0.39 is 0 Å². The molecule has 0 aliphatic rings. The summed E-state index contributed by atoms with van der Waals surface area (Å²) < 4.78 is 5.61. The minimum atomic E-state index is 0.200. The van der Waals surface area contributed by atoms with Crippen molar-refractivity contribution in [2.24, 2.45) is 0 Å². The molecular weight excluding hydrogens is 346 g/mol. The smallest absolute Gasteiger partial charge is 0.238 e. The van der Waals surface area contributed by atoms with Crippen LogP contribution in [0.3, 0.4) is 0 Å². The zero-order valence-corrected chi connectivity index (χ0v) is 14.0. The Labute approximate surface area is 153 Å². The highest BCUT2D eigenvalue weighted by Crippen LogP contribution is 2.24. The Balaban J connectivity index is 1.45. The van der Waals surface area contributed by atoms with Crippen LogP contribution < -0.4 is 15.8 Å². The van der Waals surface area contributed by atoms with E-state index in [-0.39, 0.29) is 5.75 Å². The molecule has 0 aliphatic heterocycles. The third kappa shape index (κ3) is 3.93. The second-order valence-corrected chi connectivity index (χ2v) is 5.62. The summed E-state index contributed by atoms with van der Waals surface area (Å²) in [6, 6.07) is 17.2. The van der Waals surface area contributed by atoms with E-state index >= 15 is 0 Å². The number of aromatic hydroxyl groups is 1. The summed E-state index contributed by atoms with van der Waals surface area (Å²) in [6.45, 7) is 0. The van der Waals surface area contributed by atoms with Crippen LogP contribution in [0.4, 0.5) is 17.5 Å². The summed E-state index contributed by atoms with van der Waals surface area (Å²) in [6.07, 6.45) is 0. The van der Waals surface area contributed by atoms with E-state index in [4.69, 9.17) is 10.5 Å². The predicted octanol–water partition coefficient (Wildman–Crippen LogP) is 3.09. The van der Waals surface area contributed by atoms with Crippen molar-refractivity contribution >= 4 is 17.5 Å². The number of phenols is 1. The van der Waals surface area contributed by atoms with Crippen molar-refractivity contribution in [1.82, 2.24) is 25.4 Å². The van der Waals surface area contributed by atoms with Crippen molar-refractivity contribution in [3.05, 3.63) is 60.7 Å². The number of benzene rings is 2. The summed E-state index contributed by atoms with van der Waals surface area (Å²) >= 11 is 0. The molecule has 2 heterocycles. The van der Waals surface area contributed by atoms with Crippen LogP contribution in [0.1, 0.15) is 0 Å². The summed E-state index contributed by atoms with van der Waals surface area (Å²) in [5.41, 5.74) is 7.13. The second kappa shape index (κ2) is 7.00. The number of phenolic OH excluding ortho intramolecular Hbond substituents is 1. The number of ether oxygens (including phenoxy) is 1. The van der Waals surface area contributed by atoms with Gasteiger partial charge in [-0.25, -0.2) is 0 Å². The number of anilines is 3. The number of H-pyrrole nitrogens is 1. The van der Waals surface area contributed by atoms with Gasteiger partial charge in [0.05, 0.1) is 0 Å². The average molecular weight is 361 g/mol. The van der Waals surface area contributed by atoms with Crippen molar-refractivity contribution < 1.29 is 9.84 Å². The minimum Gasteiger partial charge on any atom is -0.508 e. The molecule has 9 heteroatoms. The first-order valence-corrected chi connectivity index (χ1v) is 8.02. The minimum absolute atomic E-state index is 0.200. The summed E-state index contributed by atoms with van der Waals surface area (Å²) in [4.78, 5) is 3.10. The van der Waals surface area contributed by atoms with E-state index in [2.05, 4.69) is 30.7 Å². The van der Waals surface area contributed by atoms with Crippen LogP contribution in [0.2, 0.25) is 0 Å². The summed E-state index contributed by atoms with van der Waals surface area (Å²) in [5.74, 6) is 2.60. The van der Waals surface area contributed by atoms with E-state index in [0.717, 1.165) is 11.3 Å². The average Bonchev–Trinajstić information content (AvgIpc) is 3.15. The number of nitrogen functional groups attached to an aromatic ring is 1. The maximum Gasteiger partial charge on any atom is 0.238 e. The lowest BCUT2D eigenvalue weighted by atomic mass is 10.2. The van der Waals surface area contributed by atoms with Crippen LogP contribution in [0.25, 0.3) is 11.4 Å². The summed E-state index contributed by atoms with van der Waals surface area (Å²) in [5, 5.41) is 28.2. The quantitative estimate of drug-likeness (QED) is 0.398. The number of hydrogen-bond acceptors (Lipinski definition) is 8. The molecule has 0 unspecified atom stereocenters. The van der Waals surface area contributed by atoms with Gasteiger partial charge in [-0.3, -0.25) is 0 Å². The standard InChI is InChI=1S/C18H15N7O2/c19-15-9-10-16(23-22-15)27-14-7-1-11(2-8-14)17-21-18(25-24-17)20-12-3-5-13(26)6-4-12/h1-10,26H,(H2,19,22)(H2,20,21,24,25). The van der Waals surface area contributed by atoms with Gasteiger partial charge in [0.25, 0.3) is 0 Å². The van der Waals surface area contributed by atoms with Gasteiger partial charge in [0.1, 0.15) is 17.3 Å². The molecule has 0 radical (unpaired) electrons. The first kappa shape index (κ1) is 16.3. The van der Waals surface area contributed by atoms with Crippen molar-refractivity contribution in [2.45, 2.75) is 0 Å². The molecule has 5 N–H and O–H groups in total. The van der Waals surface area contributed by atoms with Gasteiger partial charge < -0.3 is 25.9 Å². The number of aromatic amines is 1. The molecule has 2 aromatic heterocycles. The first-order valence-electron chi connectivity index (χ1n) is 8.02. The normalized spacial score (nSPS) is 10.5. The highest BCUT2D eigenvalue weighted by atomic mass is 16.5. The van der Waals surface area contributed by atoms with Crippen LogP contribution in [-0.4, -0.2) is 30.5 Å². The number of aromatic nitrogens is 5. The van der Waals surface area contributed by atoms with Gasteiger partial charge in [0.2, 0.25) is 11.8 Å². The molecule has 27 heavy (non-hydrogen) atoms. The van der Waals surface area contributed by atoms with Gasteiger partial charge in [-0.2, -0.15) is 0 Å². The third-order valence-electron chi connectivity index (χ3n) is 3.63. The molecule has 4 rings (SSSR count). The lowest BCUT2D eigenvalue weighted by Gasteiger charge is -2.04. The van der Waals surface area contributed by atoms with E-state index in [1.807, 2.05) is 12.1 Å². The molecular formula is C18H15N7O2. The summed E-state index contributed by atoms with van der Waals surface area (Å²) in [7, 11) is 0. The number of nitrogens with zero attached hydrogens (tertiary/aromatic N) is 4. The second-order valence-electron chi connectivity index (χ2n) is 5.62. The van der Waals surface area contributed by atoms with Crippen LogP contribution >= 0.6 is 0 Å². The Morgan fingerprint density at radius 1 is 0.852 bits per heavy atom. The number of rotatable bonds is 5. The zero-order chi connectivity index (χ0) is 18.6. The topological polar surface area (TPSA) is 135 Å². The van der Waals surface area contributed by atoms with Crippen molar-refractivity contribution in [3.63, 3.8) is 0 Å².